The van der Waals surface area contributed by atoms with Gasteiger partial charge in [0.2, 0.25) is 0 Å². The third-order valence-corrected chi connectivity index (χ3v) is 4.22. The van der Waals surface area contributed by atoms with Gasteiger partial charge in [-0.3, -0.25) is 0 Å². The highest BCUT2D eigenvalue weighted by Crippen LogP contribution is 2.23. The van der Waals surface area contributed by atoms with E-state index in [1.54, 1.807) is 0 Å². The molecule has 104 valence electrons. The van der Waals surface area contributed by atoms with Gasteiger partial charge in [0.05, 0.1) is 0 Å². The molecular formula is C15H23N3S. The summed E-state index contributed by atoms with van der Waals surface area (Å²) in [6.45, 7) is 12.7. The molecule has 0 spiro atoms. The molecule has 0 fully saturated rings. The van der Waals surface area contributed by atoms with E-state index >= 15 is 0 Å². The van der Waals surface area contributed by atoms with Crippen LogP contribution in [0.5, 0.6) is 0 Å². The molecule has 0 aromatic carbocycles. The average Bonchev–Trinajstić information content (AvgIpc) is 2.84. The molecule has 0 bridgehead atoms. The molecule has 3 nitrogen and oxygen atoms in total. The fraction of sp³-hybridized carbons (Fsp3) is 0.533. The molecule has 0 amide bonds. The molecule has 0 radical (unpaired) electrons. The zero-order valence-corrected chi connectivity index (χ0v) is 13.3. The molecular weight excluding hydrogens is 254 g/mol. The molecule has 0 saturated carbocycles. The summed E-state index contributed by atoms with van der Waals surface area (Å²) in [4.78, 5) is 7.08. The van der Waals surface area contributed by atoms with Gasteiger partial charge in [-0.25, -0.2) is 4.98 Å². The van der Waals surface area contributed by atoms with Crippen LogP contribution >= 0.6 is 11.3 Å². The molecule has 2 aromatic heterocycles. The predicted molar refractivity (Wildman–Crippen MR) is 81.7 cm³/mol. The first-order chi connectivity index (χ1) is 8.85. The van der Waals surface area contributed by atoms with Crippen LogP contribution < -0.4 is 5.32 Å². The number of aromatic nitrogens is 2. The summed E-state index contributed by atoms with van der Waals surface area (Å²) in [5.74, 6) is 1.07. The lowest BCUT2D eigenvalue weighted by atomic mass is 10.1. The van der Waals surface area contributed by atoms with E-state index in [0.717, 1.165) is 18.9 Å². The topological polar surface area (TPSA) is 29.9 Å². The minimum absolute atomic E-state index is 0.166. The highest BCUT2D eigenvalue weighted by Gasteiger charge is 2.11. The largest absolute Gasteiger partial charge is 0.331 e. The van der Waals surface area contributed by atoms with Crippen LogP contribution in [-0.2, 0) is 13.1 Å². The van der Waals surface area contributed by atoms with Crippen molar-refractivity contribution in [3.8, 4) is 0 Å². The van der Waals surface area contributed by atoms with Crippen molar-refractivity contribution in [2.45, 2.75) is 53.2 Å². The third kappa shape index (κ3) is 3.91. The first kappa shape index (κ1) is 14.3. The maximum Gasteiger partial charge on any atom is 0.105 e. The van der Waals surface area contributed by atoms with Crippen molar-refractivity contribution >= 4 is 11.3 Å². The summed E-state index contributed by atoms with van der Waals surface area (Å²) in [6.07, 6.45) is 3.90. The minimum atomic E-state index is 0.166. The van der Waals surface area contributed by atoms with Crippen molar-refractivity contribution in [2.24, 2.45) is 0 Å². The maximum absolute atomic E-state index is 4.27. The number of hydrogen-bond acceptors (Lipinski definition) is 3. The first-order valence-corrected chi connectivity index (χ1v) is 7.48. The van der Waals surface area contributed by atoms with Gasteiger partial charge >= 0.3 is 0 Å². The van der Waals surface area contributed by atoms with E-state index in [-0.39, 0.29) is 5.54 Å². The summed E-state index contributed by atoms with van der Waals surface area (Å²) in [5, 5.41) is 3.54. The van der Waals surface area contributed by atoms with E-state index in [4.69, 9.17) is 0 Å². The molecule has 0 atom stereocenters. The van der Waals surface area contributed by atoms with Gasteiger partial charge in [-0.2, -0.15) is 0 Å². The Kier molecular flexibility index (Phi) is 4.11. The SMILES string of the molecule is Cc1sc(CNC(C)(C)C)cc1Cn1ccnc1C. The molecule has 0 unspecified atom stereocenters. The van der Waals surface area contributed by atoms with E-state index < -0.39 is 0 Å². The van der Waals surface area contributed by atoms with Crippen molar-refractivity contribution in [3.05, 3.63) is 39.6 Å². The van der Waals surface area contributed by atoms with Gasteiger partial charge < -0.3 is 9.88 Å². The summed E-state index contributed by atoms with van der Waals surface area (Å²) in [7, 11) is 0. The Morgan fingerprint density at radius 3 is 2.63 bits per heavy atom. The average molecular weight is 277 g/mol. The van der Waals surface area contributed by atoms with Crippen molar-refractivity contribution in [1.29, 1.82) is 0 Å². The number of nitrogens with one attached hydrogen (secondary N) is 1. The van der Waals surface area contributed by atoms with Crippen molar-refractivity contribution in [1.82, 2.24) is 14.9 Å². The van der Waals surface area contributed by atoms with Crippen LogP contribution in [0.2, 0.25) is 0 Å². The van der Waals surface area contributed by atoms with Gasteiger partial charge in [0.1, 0.15) is 5.82 Å². The monoisotopic (exact) mass is 277 g/mol. The predicted octanol–water partition coefficient (Wildman–Crippen LogP) is 3.50. The number of nitrogens with zero attached hydrogens (tertiary/aromatic N) is 2. The molecule has 1 N–H and O–H groups in total. The second kappa shape index (κ2) is 5.47. The number of rotatable bonds is 4. The highest BCUT2D eigenvalue weighted by atomic mass is 32.1. The minimum Gasteiger partial charge on any atom is -0.331 e. The van der Waals surface area contributed by atoms with E-state index in [1.165, 1.54) is 15.3 Å². The Morgan fingerprint density at radius 1 is 1.32 bits per heavy atom. The van der Waals surface area contributed by atoms with Gasteiger partial charge in [0, 0.05) is 40.8 Å². The number of imidazole rings is 1. The molecule has 19 heavy (non-hydrogen) atoms. The summed E-state index contributed by atoms with van der Waals surface area (Å²) < 4.78 is 2.19. The Bertz CT molecular complexity index is 546. The third-order valence-electron chi connectivity index (χ3n) is 3.13. The zero-order chi connectivity index (χ0) is 14.0. The van der Waals surface area contributed by atoms with Gasteiger partial charge in [-0.15, -0.1) is 11.3 Å². The number of thiophene rings is 1. The summed E-state index contributed by atoms with van der Waals surface area (Å²) in [5.41, 5.74) is 1.57. The lowest BCUT2D eigenvalue weighted by molar-refractivity contribution is 0.426. The Balaban J connectivity index is 2.07. The Labute approximate surface area is 119 Å². The van der Waals surface area contributed by atoms with Crippen molar-refractivity contribution in [3.63, 3.8) is 0 Å². The fourth-order valence-electron chi connectivity index (χ4n) is 1.94. The maximum atomic E-state index is 4.27. The highest BCUT2D eigenvalue weighted by molar-refractivity contribution is 7.12. The van der Waals surface area contributed by atoms with Crippen LogP contribution in [0.1, 0.15) is 41.9 Å². The Morgan fingerprint density at radius 2 is 2.05 bits per heavy atom. The molecule has 0 aliphatic carbocycles. The van der Waals surface area contributed by atoms with Crippen LogP contribution in [-0.4, -0.2) is 15.1 Å². The molecule has 2 heterocycles. The van der Waals surface area contributed by atoms with Gasteiger partial charge in [-0.05, 0) is 46.2 Å². The first-order valence-electron chi connectivity index (χ1n) is 6.66. The van der Waals surface area contributed by atoms with Crippen LogP contribution in [0.3, 0.4) is 0 Å². The normalized spacial score (nSPS) is 12.1. The van der Waals surface area contributed by atoms with E-state index in [1.807, 2.05) is 30.7 Å². The van der Waals surface area contributed by atoms with Crippen LogP contribution in [0.25, 0.3) is 0 Å². The van der Waals surface area contributed by atoms with Gasteiger partial charge in [-0.1, -0.05) is 0 Å². The summed E-state index contributed by atoms with van der Waals surface area (Å²) >= 11 is 1.89. The number of hydrogen-bond donors (Lipinski definition) is 1. The quantitative estimate of drug-likeness (QED) is 0.927. The standard InChI is InChI=1S/C15H23N3S/c1-11-13(10-18-7-6-16-12(18)2)8-14(19-11)9-17-15(3,4)5/h6-8,17H,9-10H2,1-5H3. The summed E-state index contributed by atoms with van der Waals surface area (Å²) in [6, 6.07) is 2.32. The molecule has 4 heteroatoms. The molecule has 0 aliphatic heterocycles. The fourth-order valence-corrected chi connectivity index (χ4v) is 2.93. The molecule has 0 saturated heterocycles. The van der Waals surface area contributed by atoms with Crippen molar-refractivity contribution in [2.75, 3.05) is 0 Å². The lowest BCUT2D eigenvalue weighted by Crippen LogP contribution is -2.34. The smallest absolute Gasteiger partial charge is 0.105 e. The van der Waals surface area contributed by atoms with Gasteiger partial charge in [0.15, 0.2) is 0 Å². The molecule has 2 rings (SSSR count). The second-order valence-electron chi connectivity index (χ2n) is 6.00. The zero-order valence-electron chi connectivity index (χ0n) is 12.4. The van der Waals surface area contributed by atoms with E-state index in [0.29, 0.717) is 0 Å². The Hall–Kier alpha value is -1.13. The molecule has 0 aliphatic rings. The van der Waals surface area contributed by atoms with E-state index in [2.05, 4.69) is 48.6 Å². The van der Waals surface area contributed by atoms with Gasteiger partial charge in [0.25, 0.3) is 0 Å². The lowest BCUT2D eigenvalue weighted by Gasteiger charge is -2.19. The van der Waals surface area contributed by atoms with Crippen LogP contribution in [0.15, 0.2) is 18.5 Å². The number of aryl methyl sites for hydroxylation is 2. The van der Waals surface area contributed by atoms with E-state index in [9.17, 15) is 0 Å². The second-order valence-corrected chi connectivity index (χ2v) is 7.34. The molecule has 2 aromatic rings. The van der Waals surface area contributed by atoms with Crippen LogP contribution in [0.4, 0.5) is 0 Å². The van der Waals surface area contributed by atoms with Crippen LogP contribution in [0, 0.1) is 13.8 Å². The van der Waals surface area contributed by atoms with Crippen molar-refractivity contribution < 1.29 is 0 Å².